The number of carboxylic acid groups (broad SMARTS) is 1. The first-order chi connectivity index (χ1) is 8.66. The molecule has 0 saturated carbocycles. The van der Waals surface area contributed by atoms with Gasteiger partial charge in [-0.2, -0.15) is 0 Å². The van der Waals surface area contributed by atoms with E-state index in [4.69, 9.17) is 5.11 Å². The van der Waals surface area contributed by atoms with Crippen molar-refractivity contribution in [1.82, 2.24) is 15.1 Å². The Hall–Kier alpha value is -1.63. The quantitative estimate of drug-likeness (QED) is 0.693. The second kappa shape index (κ2) is 5.56. The van der Waals surface area contributed by atoms with Crippen LogP contribution in [-0.4, -0.2) is 71.0 Å². The maximum atomic E-state index is 12.1. The van der Waals surface area contributed by atoms with E-state index in [2.05, 4.69) is 5.32 Å². The molecule has 1 atom stereocenters. The van der Waals surface area contributed by atoms with Gasteiger partial charge in [-0.1, -0.05) is 0 Å². The highest BCUT2D eigenvalue weighted by Gasteiger charge is 2.41. The third kappa shape index (κ3) is 3.44. The predicted octanol–water partition coefficient (Wildman–Crippen LogP) is -0.872. The largest absolute Gasteiger partial charge is 0.480 e. The Balaban J connectivity index is 2.81. The lowest BCUT2D eigenvalue weighted by molar-refractivity contribution is -0.150. The average Bonchev–Trinajstić information content (AvgIpc) is 2.28. The molecule has 1 rings (SSSR count). The van der Waals surface area contributed by atoms with E-state index in [1.807, 2.05) is 0 Å². The molecule has 19 heavy (non-hydrogen) atoms. The van der Waals surface area contributed by atoms with Crippen LogP contribution >= 0.6 is 0 Å². The number of carbonyl (C=O) groups excluding carboxylic acids is 2. The summed E-state index contributed by atoms with van der Waals surface area (Å²) in [6, 6.07) is -1.01. The van der Waals surface area contributed by atoms with Crippen LogP contribution in [0.3, 0.4) is 0 Å². The third-order valence-electron chi connectivity index (χ3n) is 3.44. The molecule has 1 fully saturated rings. The van der Waals surface area contributed by atoms with E-state index in [0.29, 0.717) is 13.1 Å². The van der Waals surface area contributed by atoms with Crippen LogP contribution in [0.4, 0.5) is 0 Å². The fraction of sp³-hybridized carbons (Fsp3) is 0.750. The predicted molar refractivity (Wildman–Crippen MR) is 68.5 cm³/mol. The van der Waals surface area contributed by atoms with Crippen LogP contribution < -0.4 is 5.32 Å². The van der Waals surface area contributed by atoms with Gasteiger partial charge in [0.2, 0.25) is 11.8 Å². The maximum Gasteiger partial charge on any atom is 0.327 e. The summed E-state index contributed by atoms with van der Waals surface area (Å²) in [4.78, 5) is 37.6. The van der Waals surface area contributed by atoms with E-state index < -0.39 is 23.5 Å². The number of carbonyl (C=O) groups is 3. The highest BCUT2D eigenvalue weighted by Crippen LogP contribution is 2.21. The summed E-state index contributed by atoms with van der Waals surface area (Å²) in [5.41, 5.74) is -0.765. The number of nitrogens with zero attached hydrogens (tertiary/aromatic N) is 2. The smallest absolute Gasteiger partial charge is 0.327 e. The molecule has 0 aromatic rings. The van der Waals surface area contributed by atoms with Crippen molar-refractivity contribution >= 4 is 17.8 Å². The van der Waals surface area contributed by atoms with Crippen LogP contribution in [0.5, 0.6) is 0 Å². The van der Waals surface area contributed by atoms with Crippen molar-refractivity contribution in [2.45, 2.75) is 32.4 Å². The molecule has 1 aliphatic heterocycles. The van der Waals surface area contributed by atoms with Gasteiger partial charge in [0, 0.05) is 33.6 Å². The summed E-state index contributed by atoms with van der Waals surface area (Å²) in [5, 5.41) is 11.5. The number of nitrogens with one attached hydrogen (secondary N) is 1. The summed E-state index contributed by atoms with van der Waals surface area (Å²) >= 11 is 0. The third-order valence-corrected chi connectivity index (χ3v) is 3.44. The first-order valence-electron chi connectivity index (χ1n) is 6.16. The van der Waals surface area contributed by atoms with Gasteiger partial charge in [0.25, 0.3) is 0 Å². The monoisotopic (exact) mass is 271 g/mol. The zero-order valence-electron chi connectivity index (χ0n) is 11.8. The van der Waals surface area contributed by atoms with E-state index in [1.165, 1.54) is 6.92 Å². The number of carboxylic acids is 1. The molecule has 2 amide bonds. The zero-order chi connectivity index (χ0) is 14.8. The number of piperazine rings is 1. The SMILES string of the molecule is CC(=O)NC(CN1CCN(C)C(=O)C1(C)C)C(=O)O. The Kier molecular flexibility index (Phi) is 4.52. The number of aliphatic carboxylic acids is 1. The first-order valence-corrected chi connectivity index (χ1v) is 6.16. The molecule has 0 radical (unpaired) electrons. The Morgan fingerprint density at radius 1 is 1.42 bits per heavy atom. The summed E-state index contributed by atoms with van der Waals surface area (Å²) in [7, 11) is 1.73. The number of hydrogen-bond acceptors (Lipinski definition) is 4. The minimum Gasteiger partial charge on any atom is -0.480 e. The lowest BCUT2D eigenvalue weighted by atomic mass is 9.97. The molecule has 7 nitrogen and oxygen atoms in total. The van der Waals surface area contributed by atoms with Crippen LogP contribution in [0.1, 0.15) is 20.8 Å². The lowest BCUT2D eigenvalue weighted by Crippen LogP contribution is -2.64. The van der Waals surface area contributed by atoms with Gasteiger partial charge in [-0.25, -0.2) is 4.79 Å². The minimum absolute atomic E-state index is 0.0503. The van der Waals surface area contributed by atoms with Gasteiger partial charge in [0.1, 0.15) is 6.04 Å². The Morgan fingerprint density at radius 3 is 2.47 bits per heavy atom. The van der Waals surface area contributed by atoms with E-state index in [9.17, 15) is 14.4 Å². The highest BCUT2D eigenvalue weighted by atomic mass is 16.4. The van der Waals surface area contributed by atoms with Gasteiger partial charge in [-0.15, -0.1) is 0 Å². The molecule has 1 heterocycles. The molecule has 1 unspecified atom stereocenters. The Morgan fingerprint density at radius 2 is 2.00 bits per heavy atom. The van der Waals surface area contributed by atoms with Crippen LogP contribution in [0.2, 0.25) is 0 Å². The van der Waals surface area contributed by atoms with E-state index in [1.54, 1.807) is 30.7 Å². The van der Waals surface area contributed by atoms with Gasteiger partial charge >= 0.3 is 5.97 Å². The second-order valence-corrected chi connectivity index (χ2v) is 5.32. The van der Waals surface area contributed by atoms with Crippen molar-refractivity contribution in [1.29, 1.82) is 0 Å². The topological polar surface area (TPSA) is 90.0 Å². The molecular formula is C12H21N3O4. The van der Waals surface area contributed by atoms with Gasteiger partial charge in [0.15, 0.2) is 0 Å². The lowest BCUT2D eigenvalue weighted by Gasteiger charge is -2.45. The fourth-order valence-electron chi connectivity index (χ4n) is 2.22. The van der Waals surface area contributed by atoms with Gasteiger partial charge in [0.05, 0.1) is 5.54 Å². The minimum atomic E-state index is -1.10. The molecule has 108 valence electrons. The summed E-state index contributed by atoms with van der Waals surface area (Å²) in [5.74, 6) is -1.55. The van der Waals surface area contributed by atoms with Gasteiger partial charge in [-0.05, 0) is 13.8 Å². The average molecular weight is 271 g/mol. The molecule has 0 aromatic heterocycles. The van der Waals surface area contributed by atoms with Crippen LogP contribution in [0.25, 0.3) is 0 Å². The van der Waals surface area contributed by atoms with Crippen molar-refractivity contribution < 1.29 is 19.5 Å². The summed E-state index contributed by atoms with van der Waals surface area (Å²) < 4.78 is 0. The van der Waals surface area contributed by atoms with Crippen LogP contribution in [0, 0.1) is 0 Å². The number of amides is 2. The molecule has 1 saturated heterocycles. The van der Waals surface area contributed by atoms with Crippen molar-refractivity contribution in [2.24, 2.45) is 0 Å². The van der Waals surface area contributed by atoms with Crippen molar-refractivity contribution in [2.75, 3.05) is 26.7 Å². The number of hydrogen-bond donors (Lipinski definition) is 2. The number of likely N-dealkylation sites (N-methyl/N-ethyl adjacent to an activating group) is 1. The van der Waals surface area contributed by atoms with Gasteiger partial charge < -0.3 is 15.3 Å². The summed E-state index contributed by atoms with van der Waals surface area (Å²) in [6.45, 7) is 6.04. The van der Waals surface area contributed by atoms with E-state index in [0.717, 1.165) is 0 Å². The molecule has 1 aliphatic rings. The molecule has 0 aromatic carbocycles. The second-order valence-electron chi connectivity index (χ2n) is 5.32. The molecule has 0 spiro atoms. The molecule has 0 aliphatic carbocycles. The molecule has 7 heteroatoms. The molecule has 0 bridgehead atoms. The van der Waals surface area contributed by atoms with Crippen molar-refractivity contribution in [3.63, 3.8) is 0 Å². The normalized spacial score (nSPS) is 21.1. The summed E-state index contributed by atoms with van der Waals surface area (Å²) in [6.07, 6.45) is 0. The molecule has 2 N–H and O–H groups in total. The number of rotatable bonds is 4. The van der Waals surface area contributed by atoms with Crippen LogP contribution in [-0.2, 0) is 14.4 Å². The van der Waals surface area contributed by atoms with Crippen molar-refractivity contribution in [3.05, 3.63) is 0 Å². The molecular weight excluding hydrogens is 250 g/mol. The first kappa shape index (κ1) is 15.4. The Labute approximate surface area is 112 Å². The van der Waals surface area contributed by atoms with E-state index in [-0.39, 0.29) is 12.5 Å². The fourth-order valence-corrected chi connectivity index (χ4v) is 2.22. The Bertz CT molecular complexity index is 394. The highest BCUT2D eigenvalue weighted by molar-refractivity contribution is 5.86. The standard InChI is InChI=1S/C12H21N3O4/c1-8(16)13-9(10(17)18)7-15-6-5-14(4)11(19)12(15,2)3/h9H,5-7H2,1-4H3,(H,13,16)(H,17,18). The van der Waals surface area contributed by atoms with E-state index >= 15 is 0 Å². The zero-order valence-corrected chi connectivity index (χ0v) is 11.8. The van der Waals surface area contributed by atoms with Crippen molar-refractivity contribution in [3.8, 4) is 0 Å². The van der Waals surface area contributed by atoms with Crippen LogP contribution in [0.15, 0.2) is 0 Å². The van der Waals surface area contributed by atoms with Gasteiger partial charge in [-0.3, -0.25) is 14.5 Å². The maximum absolute atomic E-state index is 12.1.